The first-order valence-electron chi connectivity index (χ1n) is 12.5. The van der Waals surface area contributed by atoms with Crippen molar-refractivity contribution in [3.05, 3.63) is 35.9 Å². The lowest BCUT2D eigenvalue weighted by Crippen LogP contribution is -2.58. The molecule has 0 saturated heterocycles. The molecule has 4 unspecified atom stereocenters. The zero-order valence-electron chi connectivity index (χ0n) is 22.1. The summed E-state index contributed by atoms with van der Waals surface area (Å²) in [7, 11) is 0. The minimum absolute atomic E-state index is 0.0195. The number of nitrogens with two attached hydrogens (primary N) is 3. The van der Waals surface area contributed by atoms with E-state index < -0.39 is 60.2 Å². The highest BCUT2D eigenvalue weighted by Crippen LogP contribution is 2.08. The van der Waals surface area contributed by atoms with Gasteiger partial charge >= 0.3 is 11.9 Å². The highest BCUT2D eigenvalue weighted by molar-refractivity contribution is 5.95. The largest absolute Gasteiger partial charge is 0.481 e. The van der Waals surface area contributed by atoms with E-state index in [2.05, 4.69) is 20.9 Å². The smallest absolute Gasteiger partial charge is 0.326 e. The average molecular weight is 550 g/mol. The van der Waals surface area contributed by atoms with E-state index in [1.54, 1.807) is 44.2 Å². The first kappa shape index (κ1) is 32.8. The second-order valence-corrected chi connectivity index (χ2v) is 9.49. The van der Waals surface area contributed by atoms with Gasteiger partial charge in [0.25, 0.3) is 0 Å². The fourth-order valence-corrected chi connectivity index (χ4v) is 3.61. The summed E-state index contributed by atoms with van der Waals surface area (Å²) in [5.41, 5.74) is 17.2. The van der Waals surface area contributed by atoms with Gasteiger partial charge in [-0.3, -0.25) is 24.2 Å². The molecule has 0 bridgehead atoms. The predicted octanol–water partition coefficient (Wildman–Crippen LogP) is -1.33. The number of aliphatic carboxylic acids is 2. The Kier molecular flexibility index (Phi) is 14.0. The Bertz CT molecular complexity index is 1010. The zero-order chi connectivity index (χ0) is 29.5. The number of nitrogens with one attached hydrogen (secondary N) is 3. The summed E-state index contributed by atoms with van der Waals surface area (Å²) in [5.74, 6) is -5.30. The third-order valence-corrected chi connectivity index (χ3v) is 5.55. The van der Waals surface area contributed by atoms with E-state index in [4.69, 9.17) is 17.2 Å². The second kappa shape index (κ2) is 16.6. The molecule has 1 aromatic carbocycles. The predicted molar refractivity (Wildman–Crippen MR) is 143 cm³/mol. The molecule has 1 aromatic rings. The topological polar surface area (TPSA) is 252 Å². The van der Waals surface area contributed by atoms with Crippen molar-refractivity contribution in [2.75, 3.05) is 6.54 Å². The van der Waals surface area contributed by atoms with Gasteiger partial charge in [-0.25, -0.2) is 4.79 Å². The molecule has 0 fully saturated rings. The van der Waals surface area contributed by atoms with E-state index in [1.807, 2.05) is 0 Å². The third kappa shape index (κ3) is 13.2. The molecule has 14 nitrogen and oxygen atoms in total. The maximum atomic E-state index is 13.2. The van der Waals surface area contributed by atoms with Crippen molar-refractivity contribution in [1.82, 2.24) is 16.0 Å². The second-order valence-electron chi connectivity index (χ2n) is 9.49. The normalized spacial score (nSPS) is 13.8. The molecular formula is C25H39N7O7. The number of guanidine groups is 1. The lowest BCUT2D eigenvalue weighted by atomic mass is 10.0. The summed E-state index contributed by atoms with van der Waals surface area (Å²) < 4.78 is 0. The molecule has 14 heteroatoms. The molecule has 0 radical (unpaired) electrons. The van der Waals surface area contributed by atoms with Crippen LogP contribution in [0.5, 0.6) is 0 Å². The molecule has 39 heavy (non-hydrogen) atoms. The first-order valence-corrected chi connectivity index (χ1v) is 12.5. The molecule has 0 spiro atoms. The van der Waals surface area contributed by atoms with E-state index in [-0.39, 0.29) is 37.7 Å². The summed E-state index contributed by atoms with van der Waals surface area (Å²) >= 11 is 0. The Morgan fingerprint density at radius 1 is 0.872 bits per heavy atom. The van der Waals surface area contributed by atoms with Crippen LogP contribution >= 0.6 is 0 Å². The lowest BCUT2D eigenvalue weighted by molar-refractivity contribution is -0.144. The number of amides is 3. The van der Waals surface area contributed by atoms with Gasteiger partial charge in [0.15, 0.2) is 5.96 Å². The number of hydrogen-bond donors (Lipinski definition) is 8. The maximum absolute atomic E-state index is 13.2. The van der Waals surface area contributed by atoms with Crippen LogP contribution in [0.3, 0.4) is 0 Å². The van der Waals surface area contributed by atoms with Crippen molar-refractivity contribution >= 4 is 35.6 Å². The summed E-state index contributed by atoms with van der Waals surface area (Å²) in [6.07, 6.45) is -0.0567. The number of aliphatic imine (C=N–C) groups is 1. The van der Waals surface area contributed by atoms with E-state index in [0.717, 1.165) is 0 Å². The van der Waals surface area contributed by atoms with Gasteiger partial charge in [-0.15, -0.1) is 0 Å². The van der Waals surface area contributed by atoms with Crippen LogP contribution in [0.15, 0.2) is 35.3 Å². The summed E-state index contributed by atoms with van der Waals surface area (Å²) in [6.45, 7) is 3.79. The molecule has 0 heterocycles. The van der Waals surface area contributed by atoms with Crippen molar-refractivity contribution in [2.24, 2.45) is 28.1 Å². The number of nitrogens with zero attached hydrogens (tertiary/aromatic N) is 1. The van der Waals surface area contributed by atoms with Crippen molar-refractivity contribution in [2.45, 2.75) is 70.1 Å². The van der Waals surface area contributed by atoms with Crippen LogP contribution in [0.25, 0.3) is 0 Å². The minimum Gasteiger partial charge on any atom is -0.481 e. The molecule has 1 rings (SSSR count). The molecule has 0 aliphatic carbocycles. The van der Waals surface area contributed by atoms with Crippen molar-refractivity contribution in [3.8, 4) is 0 Å². The van der Waals surface area contributed by atoms with Crippen LogP contribution in [0.2, 0.25) is 0 Å². The fourth-order valence-electron chi connectivity index (χ4n) is 3.61. The van der Waals surface area contributed by atoms with Crippen LogP contribution in [0, 0.1) is 5.92 Å². The molecule has 4 atom stereocenters. The number of carboxylic acids is 2. The Labute approximate surface area is 226 Å². The van der Waals surface area contributed by atoms with Gasteiger partial charge in [0.2, 0.25) is 17.7 Å². The molecule has 11 N–H and O–H groups in total. The number of rotatable bonds is 17. The van der Waals surface area contributed by atoms with Gasteiger partial charge < -0.3 is 43.4 Å². The van der Waals surface area contributed by atoms with Gasteiger partial charge in [0.1, 0.15) is 18.1 Å². The van der Waals surface area contributed by atoms with E-state index >= 15 is 0 Å². The molecule has 3 amide bonds. The molecular weight excluding hydrogens is 510 g/mol. The lowest BCUT2D eigenvalue weighted by Gasteiger charge is -2.25. The summed E-state index contributed by atoms with van der Waals surface area (Å²) in [5, 5.41) is 25.9. The average Bonchev–Trinajstić information content (AvgIpc) is 2.84. The Morgan fingerprint density at radius 2 is 1.44 bits per heavy atom. The van der Waals surface area contributed by atoms with E-state index in [1.165, 1.54) is 0 Å². The van der Waals surface area contributed by atoms with Crippen molar-refractivity contribution in [1.29, 1.82) is 0 Å². The van der Waals surface area contributed by atoms with Crippen LogP contribution in [-0.2, 0) is 30.4 Å². The standard InChI is InChI=1S/C25H39N7O7/c1-14(2)11-19(24(38)39)32-23(37)18(13-20(33)34)31-22(36)17(12-15-7-4-3-5-8-15)30-21(35)16(26)9-6-10-29-25(27)28/h3-5,7-8,14,16-19H,6,9-13,26H2,1-2H3,(H,30,35)(H,31,36)(H,32,37)(H,33,34)(H,38,39)(H4,27,28,29). The third-order valence-electron chi connectivity index (χ3n) is 5.55. The number of benzene rings is 1. The highest BCUT2D eigenvalue weighted by Gasteiger charge is 2.32. The SMILES string of the molecule is CC(C)CC(NC(=O)C(CC(=O)O)NC(=O)C(Cc1ccccc1)NC(=O)C(N)CCCN=C(N)N)C(=O)O. The quantitative estimate of drug-likeness (QED) is 0.0645. The number of carbonyl (C=O) groups excluding carboxylic acids is 3. The molecule has 0 aliphatic rings. The molecule has 216 valence electrons. The van der Waals surface area contributed by atoms with Gasteiger partial charge in [-0.1, -0.05) is 44.2 Å². The number of hydrogen-bond acceptors (Lipinski definition) is 7. The molecule has 0 saturated carbocycles. The zero-order valence-corrected chi connectivity index (χ0v) is 22.1. The fraction of sp³-hybridized carbons (Fsp3) is 0.520. The van der Waals surface area contributed by atoms with Gasteiger partial charge in [-0.05, 0) is 30.7 Å². The van der Waals surface area contributed by atoms with E-state index in [9.17, 15) is 34.2 Å². The van der Waals surface area contributed by atoms with Crippen molar-refractivity contribution < 1.29 is 34.2 Å². The first-order chi connectivity index (χ1) is 18.3. The Balaban J connectivity index is 3.06. The number of carbonyl (C=O) groups is 5. The summed E-state index contributed by atoms with van der Waals surface area (Å²) in [6, 6.07) is 3.64. The van der Waals surface area contributed by atoms with Crippen LogP contribution in [-0.4, -0.2) is 76.5 Å². The molecule has 0 aromatic heterocycles. The molecule has 0 aliphatic heterocycles. The van der Waals surface area contributed by atoms with Crippen LogP contribution in [0.1, 0.15) is 45.1 Å². The Morgan fingerprint density at radius 3 is 1.97 bits per heavy atom. The van der Waals surface area contributed by atoms with E-state index in [0.29, 0.717) is 12.0 Å². The minimum atomic E-state index is -1.59. The Hall–Kier alpha value is -4.20. The maximum Gasteiger partial charge on any atom is 0.326 e. The van der Waals surface area contributed by atoms with Gasteiger partial charge in [0.05, 0.1) is 12.5 Å². The van der Waals surface area contributed by atoms with Gasteiger partial charge in [-0.2, -0.15) is 0 Å². The van der Waals surface area contributed by atoms with Gasteiger partial charge in [0, 0.05) is 13.0 Å². The van der Waals surface area contributed by atoms with Crippen LogP contribution in [0.4, 0.5) is 0 Å². The van der Waals surface area contributed by atoms with Crippen molar-refractivity contribution in [3.63, 3.8) is 0 Å². The highest BCUT2D eigenvalue weighted by atomic mass is 16.4. The monoisotopic (exact) mass is 549 g/mol. The van der Waals surface area contributed by atoms with Crippen LogP contribution < -0.4 is 33.2 Å². The number of carboxylic acid groups (broad SMARTS) is 2. The summed E-state index contributed by atoms with van der Waals surface area (Å²) in [4.78, 5) is 65.6.